The van der Waals surface area contributed by atoms with E-state index in [0.29, 0.717) is 0 Å². The summed E-state index contributed by atoms with van der Waals surface area (Å²) in [6, 6.07) is 10.2. The molecule has 5 rings (SSSR count). The van der Waals surface area contributed by atoms with Gasteiger partial charge >= 0.3 is 217 Å². The molecule has 1 aromatic heterocycles. The van der Waals surface area contributed by atoms with Crippen LogP contribution in [0.3, 0.4) is 0 Å². The molecule has 2 aromatic rings. The molecule has 0 bridgehead atoms. The van der Waals surface area contributed by atoms with Crippen LogP contribution in [0.15, 0.2) is 30.3 Å². The Labute approximate surface area is 216 Å². The minimum atomic E-state index is -3.39. The molecule has 3 saturated carbocycles. The second kappa shape index (κ2) is 11.4. The number of carbonyl (C=O) groups excluding carboxylic acids is 1. The molecular weight excluding hydrogens is 539 g/mol. The van der Waals surface area contributed by atoms with Gasteiger partial charge in [-0.25, -0.2) is 0 Å². The summed E-state index contributed by atoms with van der Waals surface area (Å²) >= 11 is -3.39. The van der Waals surface area contributed by atoms with Gasteiger partial charge in [0.15, 0.2) is 0 Å². The summed E-state index contributed by atoms with van der Waals surface area (Å²) < 4.78 is 11.4. The Morgan fingerprint density at radius 3 is 1.69 bits per heavy atom. The first kappa shape index (κ1) is 25.4. The van der Waals surface area contributed by atoms with Crippen molar-refractivity contribution in [3.63, 3.8) is 0 Å². The predicted octanol–water partition coefficient (Wildman–Crippen LogP) is 8.59. The quantitative estimate of drug-likeness (QED) is 0.320. The number of para-hydroxylation sites is 1. The maximum absolute atomic E-state index is 14.3. The van der Waals surface area contributed by atoms with Gasteiger partial charge in [0.1, 0.15) is 0 Å². The number of aryl methyl sites for hydroxylation is 1. The van der Waals surface area contributed by atoms with E-state index < -0.39 is 18.8 Å². The van der Waals surface area contributed by atoms with Crippen molar-refractivity contribution < 1.29 is 7.87 Å². The van der Waals surface area contributed by atoms with Crippen molar-refractivity contribution in [3.05, 3.63) is 47.3 Å². The van der Waals surface area contributed by atoms with Gasteiger partial charge in [-0.05, 0) is 0 Å². The molecule has 35 heavy (non-hydrogen) atoms. The molecule has 4 nitrogen and oxygen atoms in total. The molecule has 1 aromatic carbocycles. The third-order valence-electron chi connectivity index (χ3n) is 9.50. The Morgan fingerprint density at radius 1 is 0.771 bits per heavy atom. The Hall–Kier alpha value is -1.30. The maximum atomic E-state index is 14.3. The van der Waals surface area contributed by atoms with E-state index in [2.05, 4.69) is 12.1 Å². The van der Waals surface area contributed by atoms with Crippen molar-refractivity contribution in [1.82, 2.24) is 9.78 Å². The van der Waals surface area contributed by atoms with Gasteiger partial charge in [-0.15, -0.1) is 0 Å². The molecule has 3 aliphatic rings. The van der Waals surface area contributed by atoms with E-state index >= 15 is 0 Å². The van der Waals surface area contributed by atoms with Gasteiger partial charge < -0.3 is 0 Å². The average molecular weight is 583 g/mol. The monoisotopic (exact) mass is 584 g/mol. The van der Waals surface area contributed by atoms with Gasteiger partial charge in [0.25, 0.3) is 0 Å². The van der Waals surface area contributed by atoms with Gasteiger partial charge in [-0.2, -0.15) is 0 Å². The van der Waals surface area contributed by atoms with E-state index in [1.807, 2.05) is 36.7 Å². The predicted molar refractivity (Wildman–Crippen MR) is 145 cm³/mol. The molecule has 0 atom stereocenters. The zero-order valence-corrected chi connectivity index (χ0v) is 24.8. The molecule has 0 saturated heterocycles. The number of rotatable bonds is 6. The second-order valence-corrected chi connectivity index (χ2v) is 24.0. The first-order chi connectivity index (χ1) is 17.1. The number of hydrogen-bond donors (Lipinski definition) is 0. The number of hydrogen-bond acceptors (Lipinski definition) is 3. The van der Waals surface area contributed by atoms with Crippen molar-refractivity contribution in [2.24, 2.45) is 0 Å². The summed E-state index contributed by atoms with van der Waals surface area (Å²) in [4.78, 5) is 14.3. The number of nitrogens with zero attached hydrogens (tertiary/aromatic N) is 2. The Balaban J connectivity index is 1.54. The Kier molecular flexibility index (Phi) is 8.25. The molecule has 5 heteroatoms. The molecule has 1 heterocycles. The van der Waals surface area contributed by atoms with Crippen LogP contribution >= 0.6 is 0 Å². The zero-order chi connectivity index (χ0) is 24.3. The number of carbonyl (C=O) groups is 1. The SMILES string of the molecule is Cc1nn(-c2ccccc2)c(C)c1C(=O)[O][Sn]([CH]1CCCCC1)([CH]1CCCCC1)[CH]1CCCCC1. The summed E-state index contributed by atoms with van der Waals surface area (Å²) in [5.41, 5.74) is 3.48. The molecule has 0 aliphatic heterocycles. The normalized spacial score (nSPS) is 21.2. The molecule has 3 aliphatic carbocycles. The van der Waals surface area contributed by atoms with E-state index in [9.17, 15) is 4.79 Å². The minimum absolute atomic E-state index is 0.0281. The van der Waals surface area contributed by atoms with E-state index in [1.54, 1.807) is 0 Å². The summed E-state index contributed by atoms with van der Waals surface area (Å²) in [6.45, 7) is 4.03. The van der Waals surface area contributed by atoms with E-state index in [0.717, 1.165) is 34.4 Å². The summed E-state index contributed by atoms with van der Waals surface area (Å²) in [7, 11) is 0. The van der Waals surface area contributed by atoms with Crippen LogP contribution in [0.1, 0.15) is 118 Å². The summed E-state index contributed by atoms with van der Waals surface area (Å²) in [5, 5.41) is 4.81. The first-order valence-electron chi connectivity index (χ1n) is 14.5. The fourth-order valence-corrected chi connectivity index (χ4v) is 27.4. The van der Waals surface area contributed by atoms with Gasteiger partial charge in [-0.3, -0.25) is 0 Å². The number of aromatic nitrogens is 2. The van der Waals surface area contributed by atoms with E-state index in [1.165, 1.54) is 96.3 Å². The summed E-state index contributed by atoms with van der Waals surface area (Å²) in [5.74, 6) is -0.0281. The van der Waals surface area contributed by atoms with Crippen LogP contribution in [0, 0.1) is 13.8 Å². The fourth-order valence-electron chi connectivity index (χ4n) is 7.88. The van der Waals surface area contributed by atoms with Crippen molar-refractivity contribution in [2.45, 2.75) is 122 Å². The molecule has 0 radical (unpaired) electrons. The number of benzene rings is 1. The van der Waals surface area contributed by atoms with Crippen LogP contribution in [-0.2, 0) is 3.07 Å². The molecule has 0 spiro atoms. The Morgan fingerprint density at radius 2 is 1.23 bits per heavy atom. The van der Waals surface area contributed by atoms with Gasteiger partial charge in [0, 0.05) is 0 Å². The van der Waals surface area contributed by atoms with Gasteiger partial charge in [0.2, 0.25) is 0 Å². The van der Waals surface area contributed by atoms with Crippen molar-refractivity contribution in [2.75, 3.05) is 0 Å². The molecule has 0 N–H and O–H groups in total. The van der Waals surface area contributed by atoms with Crippen LogP contribution in [0.2, 0.25) is 11.8 Å². The average Bonchev–Trinajstić information content (AvgIpc) is 3.23. The molecular formula is C30H44N2O2Sn. The fraction of sp³-hybridized carbons (Fsp3) is 0.667. The second-order valence-electron chi connectivity index (χ2n) is 11.5. The van der Waals surface area contributed by atoms with Crippen molar-refractivity contribution in [3.8, 4) is 5.69 Å². The molecule has 0 amide bonds. The van der Waals surface area contributed by atoms with Crippen molar-refractivity contribution >= 4 is 24.8 Å². The molecule has 190 valence electrons. The Bertz CT molecular complexity index is 938. The standard InChI is InChI=1S/C12H12N2O2.3C6H11.Sn/c1-8-11(12(15)16)9(2)14(13-8)10-6-4-3-5-7-10;3*1-2-4-6-5-3-1;/h3-7H,1-2H3,(H,15,16);3*1H,2-6H2;/q;;;;+1/p-1. The third kappa shape index (κ3) is 5.10. The third-order valence-corrected chi connectivity index (χ3v) is 26.9. The van der Waals surface area contributed by atoms with Crippen LogP contribution in [0.5, 0.6) is 0 Å². The van der Waals surface area contributed by atoms with Crippen LogP contribution in [-0.4, -0.2) is 34.5 Å². The first-order valence-corrected chi connectivity index (χ1v) is 20.6. The van der Waals surface area contributed by atoms with Crippen LogP contribution in [0.4, 0.5) is 0 Å². The van der Waals surface area contributed by atoms with E-state index in [-0.39, 0.29) is 5.97 Å². The van der Waals surface area contributed by atoms with Crippen LogP contribution < -0.4 is 0 Å². The van der Waals surface area contributed by atoms with Gasteiger partial charge in [0.05, 0.1) is 0 Å². The van der Waals surface area contributed by atoms with Crippen molar-refractivity contribution in [1.29, 1.82) is 0 Å². The zero-order valence-electron chi connectivity index (χ0n) is 21.9. The van der Waals surface area contributed by atoms with Gasteiger partial charge in [-0.1, -0.05) is 0 Å². The summed E-state index contributed by atoms with van der Waals surface area (Å²) in [6.07, 6.45) is 20.0. The van der Waals surface area contributed by atoms with E-state index in [4.69, 9.17) is 8.17 Å². The topological polar surface area (TPSA) is 44.1 Å². The van der Waals surface area contributed by atoms with Crippen LogP contribution in [0.25, 0.3) is 5.69 Å². The molecule has 3 fully saturated rings. The molecule has 0 unspecified atom stereocenters.